The van der Waals surface area contributed by atoms with Crippen LogP contribution in [-0.4, -0.2) is 59.9 Å². The number of likely N-dealkylation sites (tertiary alicyclic amines) is 1. The summed E-state index contributed by atoms with van der Waals surface area (Å²) in [5.41, 5.74) is 4.37. The minimum atomic E-state index is -0.803. The fraction of sp³-hybridized carbons (Fsp3) is 0.538. The van der Waals surface area contributed by atoms with Gasteiger partial charge in [-0.15, -0.1) is 0 Å². The lowest BCUT2D eigenvalue weighted by Crippen LogP contribution is -2.34. The van der Waals surface area contributed by atoms with E-state index in [9.17, 15) is 9.90 Å². The topological polar surface area (TPSA) is 83.9 Å². The van der Waals surface area contributed by atoms with Crippen molar-refractivity contribution < 1.29 is 19.4 Å². The van der Waals surface area contributed by atoms with E-state index in [4.69, 9.17) is 14.5 Å². The largest absolute Gasteiger partial charge is 0.493 e. The number of hydrogen-bond donors (Lipinski definition) is 2. The average Bonchev–Trinajstić information content (AvgIpc) is 3.49. The van der Waals surface area contributed by atoms with Gasteiger partial charge in [-0.05, 0) is 61.8 Å². The summed E-state index contributed by atoms with van der Waals surface area (Å²) >= 11 is 0. The average molecular weight is 452 g/mol. The van der Waals surface area contributed by atoms with Crippen molar-refractivity contribution in [1.82, 2.24) is 9.88 Å². The molecule has 7 nitrogen and oxygen atoms in total. The number of hydrogen-bond acceptors (Lipinski definition) is 6. The lowest BCUT2D eigenvalue weighted by atomic mass is 9.97. The number of fused-ring (bicyclic) bond motifs is 2. The van der Waals surface area contributed by atoms with Crippen molar-refractivity contribution in [3.8, 4) is 5.75 Å². The molecule has 1 aromatic heterocycles. The Morgan fingerprint density at radius 2 is 2.21 bits per heavy atom. The van der Waals surface area contributed by atoms with Crippen molar-refractivity contribution in [1.29, 1.82) is 0 Å². The molecule has 3 aliphatic rings. The van der Waals surface area contributed by atoms with Gasteiger partial charge in [-0.2, -0.15) is 0 Å². The lowest BCUT2D eigenvalue weighted by Gasteiger charge is -2.26. The zero-order chi connectivity index (χ0) is 22.6. The second-order valence-corrected chi connectivity index (χ2v) is 9.24. The second kappa shape index (κ2) is 10.1. The molecule has 3 aliphatic heterocycles. The molecule has 0 spiro atoms. The van der Waals surface area contributed by atoms with Crippen molar-refractivity contribution >= 4 is 11.8 Å². The Balaban J connectivity index is 1.09. The van der Waals surface area contributed by atoms with Gasteiger partial charge in [0, 0.05) is 43.9 Å². The van der Waals surface area contributed by atoms with Crippen molar-refractivity contribution in [2.45, 2.75) is 57.1 Å². The summed E-state index contributed by atoms with van der Waals surface area (Å²) in [4.78, 5) is 19.0. The van der Waals surface area contributed by atoms with Crippen molar-refractivity contribution in [3.63, 3.8) is 0 Å². The Morgan fingerprint density at radius 1 is 1.27 bits per heavy atom. The van der Waals surface area contributed by atoms with Gasteiger partial charge < -0.3 is 19.9 Å². The van der Waals surface area contributed by atoms with Crippen LogP contribution in [0.5, 0.6) is 5.75 Å². The number of aromatic nitrogens is 1. The molecule has 0 saturated carbocycles. The molecule has 5 rings (SSSR count). The fourth-order valence-electron chi connectivity index (χ4n) is 5.28. The van der Waals surface area contributed by atoms with Crippen LogP contribution in [0.4, 0.5) is 5.82 Å². The molecule has 0 radical (unpaired) electrons. The monoisotopic (exact) mass is 451 g/mol. The predicted molar refractivity (Wildman–Crippen MR) is 126 cm³/mol. The van der Waals surface area contributed by atoms with Gasteiger partial charge in [-0.1, -0.05) is 18.2 Å². The number of aliphatic carboxylic acids is 1. The molecule has 4 heterocycles. The van der Waals surface area contributed by atoms with Crippen LogP contribution in [0.2, 0.25) is 0 Å². The molecule has 1 saturated heterocycles. The highest BCUT2D eigenvalue weighted by Gasteiger charge is 2.36. The van der Waals surface area contributed by atoms with E-state index >= 15 is 0 Å². The Morgan fingerprint density at radius 3 is 3.12 bits per heavy atom. The van der Waals surface area contributed by atoms with Crippen LogP contribution in [-0.2, 0) is 28.8 Å². The molecular formula is C26H33N3O4. The Bertz CT molecular complexity index is 995. The normalized spacial score (nSPS) is 20.5. The second-order valence-electron chi connectivity index (χ2n) is 9.24. The van der Waals surface area contributed by atoms with E-state index in [-0.39, 0.29) is 6.10 Å². The van der Waals surface area contributed by atoms with Gasteiger partial charge >= 0.3 is 5.97 Å². The van der Waals surface area contributed by atoms with E-state index in [1.165, 1.54) is 12.0 Å². The number of rotatable bonds is 9. The van der Waals surface area contributed by atoms with Crippen LogP contribution in [0.3, 0.4) is 0 Å². The van der Waals surface area contributed by atoms with Crippen molar-refractivity contribution in [3.05, 3.63) is 52.7 Å². The molecule has 7 heteroatoms. The molecular weight excluding hydrogens is 418 g/mol. The van der Waals surface area contributed by atoms with Crippen LogP contribution >= 0.6 is 0 Å². The first-order valence-electron chi connectivity index (χ1n) is 12.2. The summed E-state index contributed by atoms with van der Waals surface area (Å²) in [5, 5.41) is 13.4. The van der Waals surface area contributed by atoms with E-state index in [0.717, 1.165) is 80.0 Å². The maximum absolute atomic E-state index is 12.2. The number of carbonyl (C=O) groups is 1. The molecule has 2 aromatic rings. The lowest BCUT2D eigenvalue weighted by molar-refractivity contribution is -0.143. The van der Waals surface area contributed by atoms with E-state index in [1.807, 2.05) is 23.1 Å². The van der Waals surface area contributed by atoms with Gasteiger partial charge in [-0.3, -0.25) is 9.69 Å². The highest BCUT2D eigenvalue weighted by atomic mass is 16.5. The quantitative estimate of drug-likeness (QED) is 0.564. The molecule has 176 valence electrons. The molecule has 1 fully saturated rings. The van der Waals surface area contributed by atoms with Crippen molar-refractivity contribution in [2.75, 3.05) is 38.2 Å². The van der Waals surface area contributed by atoms with Gasteiger partial charge in [0.05, 0.1) is 12.7 Å². The van der Waals surface area contributed by atoms with Gasteiger partial charge in [0.1, 0.15) is 17.6 Å². The van der Waals surface area contributed by atoms with Crippen molar-refractivity contribution in [2.24, 2.45) is 0 Å². The maximum atomic E-state index is 12.2. The van der Waals surface area contributed by atoms with Gasteiger partial charge in [0.15, 0.2) is 0 Å². The van der Waals surface area contributed by atoms with Crippen LogP contribution in [0.1, 0.15) is 54.1 Å². The summed E-state index contributed by atoms with van der Waals surface area (Å²) in [6.07, 6.45) is 7.00. The number of nitrogens with zero attached hydrogens (tertiary/aromatic N) is 2. The first kappa shape index (κ1) is 22.2. The minimum Gasteiger partial charge on any atom is -0.493 e. The Hall–Kier alpha value is -2.64. The molecule has 2 atom stereocenters. The van der Waals surface area contributed by atoms with Gasteiger partial charge in [0.25, 0.3) is 0 Å². The number of nitrogens with one attached hydrogen (secondary N) is 1. The van der Waals surface area contributed by atoms with Crippen LogP contribution in [0.15, 0.2) is 30.3 Å². The Labute approximate surface area is 195 Å². The molecule has 0 aliphatic carbocycles. The van der Waals surface area contributed by atoms with Gasteiger partial charge in [-0.25, -0.2) is 4.98 Å². The van der Waals surface area contributed by atoms with E-state index in [2.05, 4.69) is 17.4 Å². The number of carboxylic acids is 1. The first-order valence-corrected chi connectivity index (χ1v) is 12.2. The molecule has 33 heavy (non-hydrogen) atoms. The number of aryl methyl sites for hydroxylation is 2. The van der Waals surface area contributed by atoms with E-state index < -0.39 is 12.0 Å². The molecule has 0 amide bonds. The van der Waals surface area contributed by atoms with Crippen LogP contribution in [0, 0.1) is 0 Å². The minimum absolute atomic E-state index is 0.0888. The molecule has 1 unspecified atom stereocenters. The summed E-state index contributed by atoms with van der Waals surface area (Å²) in [7, 11) is 0. The standard InChI is InChI=1S/C26H33N3O4/c30-26(31)24(22-7-3-8-23-21(22)12-16-33-23)29-14-11-20(17-29)32-15-2-1-6-19-10-9-18-5-4-13-27-25(18)28-19/h3,7-10,20,24H,1-2,4-6,11-17H2,(H,27,28)(H,30,31)/t20-,24?/m1/s1. The number of carboxylic acid groups (broad SMARTS) is 1. The molecule has 0 bridgehead atoms. The smallest absolute Gasteiger partial charge is 0.325 e. The predicted octanol–water partition coefficient (Wildman–Crippen LogP) is 3.61. The number of pyridine rings is 1. The number of ether oxygens (including phenoxy) is 2. The van der Waals surface area contributed by atoms with Crippen LogP contribution < -0.4 is 10.1 Å². The van der Waals surface area contributed by atoms with E-state index in [1.54, 1.807) is 0 Å². The molecule has 2 N–H and O–H groups in total. The highest BCUT2D eigenvalue weighted by Crippen LogP contribution is 2.35. The third-order valence-corrected chi connectivity index (χ3v) is 6.98. The SMILES string of the molecule is O=C(O)C(c1cccc2c1CCO2)N1CC[C@@H](OCCCCc2ccc3c(n2)NCCC3)C1. The maximum Gasteiger partial charge on any atom is 0.325 e. The number of anilines is 1. The van der Waals surface area contributed by atoms with Gasteiger partial charge in [0.2, 0.25) is 0 Å². The zero-order valence-electron chi connectivity index (χ0n) is 19.1. The third kappa shape index (κ3) is 4.99. The summed E-state index contributed by atoms with van der Waals surface area (Å²) in [5.74, 6) is 1.09. The van der Waals surface area contributed by atoms with Crippen LogP contribution in [0.25, 0.3) is 0 Å². The highest BCUT2D eigenvalue weighted by molar-refractivity contribution is 5.77. The van der Waals surface area contributed by atoms with E-state index in [0.29, 0.717) is 19.8 Å². The Kier molecular flexibility index (Phi) is 6.78. The summed E-state index contributed by atoms with van der Waals surface area (Å²) < 4.78 is 11.8. The zero-order valence-corrected chi connectivity index (χ0v) is 19.1. The molecule has 1 aromatic carbocycles. The first-order chi connectivity index (χ1) is 16.2. The third-order valence-electron chi connectivity index (χ3n) is 6.98. The summed E-state index contributed by atoms with van der Waals surface area (Å²) in [6, 6.07) is 9.48. The fourth-order valence-corrected chi connectivity index (χ4v) is 5.28. The number of benzene rings is 1. The summed E-state index contributed by atoms with van der Waals surface area (Å²) in [6.45, 7) is 3.73. The number of unbranched alkanes of at least 4 members (excludes halogenated alkanes) is 1.